The molecule has 4 nitrogen and oxygen atoms in total. The van der Waals surface area contributed by atoms with E-state index in [9.17, 15) is 14.4 Å². The van der Waals surface area contributed by atoms with E-state index in [1.807, 2.05) is 49.1 Å². The second-order valence-corrected chi connectivity index (χ2v) is 6.76. The van der Waals surface area contributed by atoms with Gasteiger partial charge in [-0.1, -0.05) is 37.3 Å². The van der Waals surface area contributed by atoms with Gasteiger partial charge in [0.05, 0.1) is 11.3 Å². The second-order valence-electron chi connectivity index (χ2n) is 6.76. The zero-order chi connectivity index (χ0) is 16.6. The molecule has 1 amide bonds. The summed E-state index contributed by atoms with van der Waals surface area (Å²) in [4.78, 5) is 39.2. The zero-order valence-corrected chi connectivity index (χ0v) is 13.7. The van der Waals surface area contributed by atoms with Crippen molar-refractivity contribution in [3.8, 4) is 0 Å². The Labute approximate surface area is 136 Å². The minimum Gasteiger partial charge on any atom is -0.342 e. The van der Waals surface area contributed by atoms with E-state index < -0.39 is 11.3 Å². The van der Waals surface area contributed by atoms with Crippen LogP contribution in [-0.4, -0.2) is 36.0 Å². The molecule has 1 saturated carbocycles. The van der Waals surface area contributed by atoms with Crippen molar-refractivity contribution in [3.05, 3.63) is 35.9 Å². The molecule has 1 unspecified atom stereocenters. The Kier molecular flexibility index (Phi) is 4.09. The van der Waals surface area contributed by atoms with Crippen molar-refractivity contribution >= 4 is 18.0 Å². The van der Waals surface area contributed by atoms with E-state index >= 15 is 0 Å². The number of carbonyl (C=O) groups excluding carboxylic acids is 3. The maximum atomic E-state index is 13.3. The Morgan fingerprint density at radius 2 is 1.96 bits per heavy atom. The smallest absolute Gasteiger partial charge is 0.233 e. The van der Waals surface area contributed by atoms with Gasteiger partial charge in [0.25, 0.3) is 0 Å². The van der Waals surface area contributed by atoms with Gasteiger partial charge in [-0.15, -0.1) is 0 Å². The number of Topliss-reactive ketones (excluding diaryl/α,β-unsaturated/α-hetero) is 1. The highest BCUT2D eigenvalue weighted by molar-refractivity contribution is 6.00. The van der Waals surface area contributed by atoms with Crippen molar-refractivity contribution in [2.75, 3.05) is 13.1 Å². The van der Waals surface area contributed by atoms with Gasteiger partial charge < -0.3 is 9.69 Å². The van der Waals surface area contributed by atoms with Crippen LogP contribution in [0.1, 0.15) is 32.3 Å². The third kappa shape index (κ3) is 2.23. The highest BCUT2D eigenvalue weighted by Gasteiger charge is 2.59. The van der Waals surface area contributed by atoms with Gasteiger partial charge in [0.15, 0.2) is 0 Å². The average molecular weight is 313 g/mol. The fourth-order valence-corrected chi connectivity index (χ4v) is 4.59. The van der Waals surface area contributed by atoms with Gasteiger partial charge in [-0.25, -0.2) is 0 Å². The first kappa shape index (κ1) is 15.9. The number of aldehydes is 1. The molecule has 2 aliphatic rings. The van der Waals surface area contributed by atoms with Gasteiger partial charge >= 0.3 is 0 Å². The Hall–Kier alpha value is -1.97. The van der Waals surface area contributed by atoms with Crippen molar-refractivity contribution in [1.29, 1.82) is 0 Å². The number of likely N-dealkylation sites (tertiary alicyclic amines) is 1. The zero-order valence-electron chi connectivity index (χ0n) is 13.7. The van der Waals surface area contributed by atoms with Crippen molar-refractivity contribution in [1.82, 2.24) is 4.90 Å². The van der Waals surface area contributed by atoms with E-state index in [1.54, 1.807) is 0 Å². The summed E-state index contributed by atoms with van der Waals surface area (Å²) in [5.74, 6) is -0.892. The van der Waals surface area contributed by atoms with Gasteiger partial charge in [-0.05, 0) is 31.2 Å². The fourth-order valence-electron chi connectivity index (χ4n) is 4.59. The predicted octanol–water partition coefficient (Wildman–Crippen LogP) is 2.22. The number of benzene rings is 1. The van der Waals surface area contributed by atoms with Crippen LogP contribution in [-0.2, 0) is 19.8 Å². The summed E-state index contributed by atoms with van der Waals surface area (Å²) in [5, 5.41) is 0. The largest absolute Gasteiger partial charge is 0.342 e. The van der Waals surface area contributed by atoms with Crippen LogP contribution in [0.5, 0.6) is 0 Å². The summed E-state index contributed by atoms with van der Waals surface area (Å²) >= 11 is 0. The van der Waals surface area contributed by atoms with E-state index in [1.165, 1.54) is 0 Å². The van der Waals surface area contributed by atoms with E-state index in [0.717, 1.165) is 18.3 Å². The molecule has 1 heterocycles. The van der Waals surface area contributed by atoms with Crippen LogP contribution < -0.4 is 0 Å². The first-order valence-corrected chi connectivity index (χ1v) is 8.40. The Morgan fingerprint density at radius 1 is 1.26 bits per heavy atom. The van der Waals surface area contributed by atoms with Crippen LogP contribution in [0.2, 0.25) is 0 Å². The SMILES string of the molecule is CCN1CC[C@H]2[C@H](C)C(=O)C(C=O)C[C@]2(c2ccccc2)C1=O. The molecule has 23 heavy (non-hydrogen) atoms. The highest BCUT2D eigenvalue weighted by atomic mass is 16.2. The molecule has 122 valence electrons. The van der Waals surface area contributed by atoms with E-state index in [-0.39, 0.29) is 23.5 Å². The topological polar surface area (TPSA) is 54.5 Å². The standard InChI is InChI=1S/C19H23NO3/c1-3-20-10-9-16-13(2)17(22)14(12-21)11-19(16,18(20)23)15-7-5-4-6-8-15/h4-8,12-14,16H,3,9-11H2,1-2H3/t13-,14?,16-,19+/m0/s1. The van der Waals surface area contributed by atoms with Crippen LogP contribution in [0.25, 0.3) is 0 Å². The van der Waals surface area contributed by atoms with Crippen LogP contribution >= 0.6 is 0 Å². The summed E-state index contributed by atoms with van der Waals surface area (Å²) in [7, 11) is 0. The number of carbonyl (C=O) groups is 3. The van der Waals surface area contributed by atoms with Crippen LogP contribution in [0.15, 0.2) is 30.3 Å². The molecule has 4 atom stereocenters. The Morgan fingerprint density at radius 3 is 2.57 bits per heavy atom. The summed E-state index contributed by atoms with van der Waals surface area (Å²) in [5.41, 5.74) is 0.202. The molecule has 1 aliphatic heterocycles. The average Bonchev–Trinajstić information content (AvgIpc) is 2.59. The van der Waals surface area contributed by atoms with Crippen molar-refractivity contribution in [2.24, 2.45) is 17.8 Å². The van der Waals surface area contributed by atoms with Gasteiger partial charge in [-0.2, -0.15) is 0 Å². The summed E-state index contributed by atoms with van der Waals surface area (Å²) in [6, 6.07) is 9.71. The molecule has 0 N–H and O–H groups in total. The monoisotopic (exact) mass is 313 g/mol. The number of rotatable bonds is 3. The lowest BCUT2D eigenvalue weighted by Gasteiger charge is -2.53. The van der Waals surface area contributed by atoms with Crippen LogP contribution in [0.4, 0.5) is 0 Å². The minimum atomic E-state index is -0.742. The molecule has 1 aromatic carbocycles. The molecule has 1 aromatic rings. The third-order valence-electron chi connectivity index (χ3n) is 5.81. The maximum absolute atomic E-state index is 13.3. The number of nitrogens with zero attached hydrogens (tertiary/aromatic N) is 1. The second kappa shape index (κ2) is 5.91. The molecule has 3 rings (SSSR count). The minimum absolute atomic E-state index is 0.00527. The van der Waals surface area contributed by atoms with Gasteiger partial charge in [0.2, 0.25) is 5.91 Å². The van der Waals surface area contributed by atoms with Crippen LogP contribution in [0.3, 0.4) is 0 Å². The molecule has 1 aliphatic carbocycles. The third-order valence-corrected chi connectivity index (χ3v) is 5.81. The quantitative estimate of drug-likeness (QED) is 0.635. The van der Waals surface area contributed by atoms with E-state index in [2.05, 4.69) is 0 Å². The van der Waals surface area contributed by atoms with Crippen molar-refractivity contribution in [3.63, 3.8) is 0 Å². The van der Waals surface area contributed by atoms with E-state index in [4.69, 9.17) is 0 Å². The molecule has 0 radical (unpaired) electrons. The molecule has 1 saturated heterocycles. The van der Waals surface area contributed by atoms with E-state index in [0.29, 0.717) is 19.5 Å². The predicted molar refractivity (Wildman–Crippen MR) is 86.8 cm³/mol. The lowest BCUT2D eigenvalue weighted by molar-refractivity contribution is -0.154. The van der Waals surface area contributed by atoms with Gasteiger partial charge in [0.1, 0.15) is 12.1 Å². The Balaban J connectivity index is 2.17. The fraction of sp³-hybridized carbons (Fsp3) is 0.526. The lowest BCUT2D eigenvalue weighted by atomic mass is 9.53. The number of hydrogen-bond acceptors (Lipinski definition) is 3. The molecule has 2 fully saturated rings. The number of piperidine rings is 1. The van der Waals surface area contributed by atoms with Gasteiger partial charge in [0, 0.05) is 19.0 Å². The number of amides is 1. The van der Waals surface area contributed by atoms with Crippen LogP contribution in [0, 0.1) is 17.8 Å². The molecule has 0 spiro atoms. The lowest BCUT2D eigenvalue weighted by Crippen LogP contribution is -2.62. The summed E-state index contributed by atoms with van der Waals surface area (Å²) in [6.45, 7) is 5.22. The normalized spacial score (nSPS) is 34.2. The molecular weight excluding hydrogens is 290 g/mol. The number of hydrogen-bond donors (Lipinski definition) is 0. The molecule has 4 heteroatoms. The first-order chi connectivity index (χ1) is 11.1. The molecule has 0 bridgehead atoms. The summed E-state index contributed by atoms with van der Waals surface area (Å²) < 4.78 is 0. The van der Waals surface area contributed by atoms with Crippen molar-refractivity contribution in [2.45, 2.75) is 32.1 Å². The number of ketones is 1. The van der Waals surface area contributed by atoms with Crippen molar-refractivity contribution < 1.29 is 14.4 Å². The van der Waals surface area contributed by atoms with Gasteiger partial charge in [-0.3, -0.25) is 9.59 Å². The number of likely N-dealkylation sites (N-methyl/N-ethyl adjacent to an activating group) is 1. The maximum Gasteiger partial charge on any atom is 0.233 e. The number of fused-ring (bicyclic) bond motifs is 1. The first-order valence-electron chi connectivity index (χ1n) is 8.40. The molecular formula is C19H23NO3. The Bertz CT molecular complexity index is 627. The highest BCUT2D eigenvalue weighted by Crippen LogP contribution is 2.51. The molecule has 0 aromatic heterocycles. The summed E-state index contributed by atoms with van der Waals surface area (Å²) in [6.07, 6.45) is 1.86.